The van der Waals surface area contributed by atoms with Crippen LogP contribution in [-0.4, -0.2) is 50.0 Å². The Morgan fingerprint density at radius 3 is 2.35 bits per heavy atom. The standard InChI is InChI=1S/C25H32BrN3O4S/c1-19(25(31)27-22-12-5-3-6-13-22)28(17-20-10-9-11-21(26)16-20)24(30)18-29(34(2,32)33)23-14-7-4-8-15-23/h4,7-11,14-16,19,22H,3,5-6,12-13,17-18H2,1-2H3,(H,27,31)/t19-/m0/s1. The van der Waals surface area contributed by atoms with Crippen molar-refractivity contribution in [2.45, 2.75) is 57.7 Å². The number of nitrogens with one attached hydrogen (secondary N) is 1. The second-order valence-electron chi connectivity index (χ2n) is 8.78. The minimum Gasteiger partial charge on any atom is -0.352 e. The van der Waals surface area contributed by atoms with Gasteiger partial charge in [-0.05, 0) is 49.6 Å². The van der Waals surface area contributed by atoms with E-state index in [0.717, 1.165) is 46.3 Å². The maximum atomic E-state index is 13.5. The predicted molar refractivity (Wildman–Crippen MR) is 138 cm³/mol. The molecule has 0 heterocycles. The van der Waals surface area contributed by atoms with E-state index in [4.69, 9.17) is 0 Å². The van der Waals surface area contributed by atoms with Crippen molar-refractivity contribution in [2.75, 3.05) is 17.1 Å². The molecule has 1 atom stereocenters. The highest BCUT2D eigenvalue weighted by Crippen LogP contribution is 2.21. The molecule has 0 unspecified atom stereocenters. The molecule has 0 saturated heterocycles. The van der Waals surface area contributed by atoms with Crippen LogP contribution >= 0.6 is 15.9 Å². The summed E-state index contributed by atoms with van der Waals surface area (Å²) in [4.78, 5) is 28.1. The lowest BCUT2D eigenvalue weighted by Gasteiger charge is -2.33. The molecule has 2 aromatic carbocycles. The third-order valence-corrected chi connectivity index (χ3v) is 7.72. The fraction of sp³-hybridized carbons (Fsp3) is 0.440. The number of carbonyl (C=O) groups excluding carboxylic acids is 2. The van der Waals surface area contributed by atoms with Gasteiger partial charge < -0.3 is 10.2 Å². The molecule has 184 valence electrons. The smallest absolute Gasteiger partial charge is 0.244 e. The molecule has 2 aromatic rings. The Kier molecular flexibility index (Phi) is 9.13. The lowest BCUT2D eigenvalue weighted by molar-refractivity contribution is -0.139. The highest BCUT2D eigenvalue weighted by molar-refractivity contribution is 9.10. The molecule has 1 fully saturated rings. The molecule has 1 saturated carbocycles. The van der Waals surface area contributed by atoms with E-state index in [1.165, 1.54) is 11.3 Å². The van der Waals surface area contributed by atoms with Gasteiger partial charge in [-0.2, -0.15) is 0 Å². The van der Waals surface area contributed by atoms with Crippen LogP contribution in [0.3, 0.4) is 0 Å². The molecule has 2 amide bonds. The summed E-state index contributed by atoms with van der Waals surface area (Å²) in [6, 6.07) is 15.4. The maximum absolute atomic E-state index is 13.5. The third kappa shape index (κ3) is 7.30. The van der Waals surface area contributed by atoms with Crippen LogP contribution < -0.4 is 9.62 Å². The summed E-state index contributed by atoms with van der Waals surface area (Å²) in [5, 5.41) is 3.09. The van der Waals surface area contributed by atoms with E-state index >= 15 is 0 Å². The zero-order chi connectivity index (χ0) is 24.7. The van der Waals surface area contributed by atoms with Gasteiger partial charge in [0.1, 0.15) is 12.6 Å². The fourth-order valence-electron chi connectivity index (χ4n) is 4.19. The van der Waals surface area contributed by atoms with Crippen LogP contribution in [0.5, 0.6) is 0 Å². The van der Waals surface area contributed by atoms with Crippen LogP contribution in [-0.2, 0) is 26.2 Å². The van der Waals surface area contributed by atoms with Crippen LogP contribution in [0.1, 0.15) is 44.6 Å². The Hall–Kier alpha value is -2.39. The summed E-state index contributed by atoms with van der Waals surface area (Å²) in [6.45, 7) is 1.49. The van der Waals surface area contributed by atoms with E-state index in [0.29, 0.717) is 5.69 Å². The fourth-order valence-corrected chi connectivity index (χ4v) is 5.49. The molecule has 0 radical (unpaired) electrons. The molecule has 9 heteroatoms. The van der Waals surface area contributed by atoms with Crippen LogP contribution in [0, 0.1) is 0 Å². The van der Waals surface area contributed by atoms with Crippen molar-refractivity contribution in [1.29, 1.82) is 0 Å². The Bertz CT molecular complexity index is 1090. The minimum absolute atomic E-state index is 0.114. The summed E-state index contributed by atoms with van der Waals surface area (Å²) in [5.41, 5.74) is 1.24. The Morgan fingerprint density at radius 1 is 1.06 bits per heavy atom. The first-order chi connectivity index (χ1) is 16.1. The normalized spacial score (nSPS) is 15.4. The molecule has 3 rings (SSSR count). The number of nitrogens with zero attached hydrogens (tertiary/aromatic N) is 2. The Labute approximate surface area is 210 Å². The van der Waals surface area contributed by atoms with Crippen molar-refractivity contribution in [3.05, 3.63) is 64.6 Å². The summed E-state index contributed by atoms with van der Waals surface area (Å²) in [5.74, 6) is -0.665. The van der Waals surface area contributed by atoms with Crippen LogP contribution in [0.15, 0.2) is 59.1 Å². The number of carbonyl (C=O) groups is 2. The van der Waals surface area contributed by atoms with Crippen LogP contribution in [0.25, 0.3) is 0 Å². The molecular formula is C25H32BrN3O4S. The highest BCUT2D eigenvalue weighted by atomic mass is 79.9. The predicted octanol–water partition coefficient (Wildman–Crippen LogP) is 4.08. The van der Waals surface area contributed by atoms with E-state index < -0.39 is 28.5 Å². The van der Waals surface area contributed by atoms with Crippen LogP contribution in [0.2, 0.25) is 0 Å². The zero-order valence-electron chi connectivity index (χ0n) is 19.6. The first-order valence-electron chi connectivity index (χ1n) is 11.5. The zero-order valence-corrected chi connectivity index (χ0v) is 22.0. The number of sulfonamides is 1. The number of rotatable bonds is 9. The second-order valence-corrected chi connectivity index (χ2v) is 11.6. The summed E-state index contributed by atoms with van der Waals surface area (Å²) in [7, 11) is -3.72. The molecular weight excluding hydrogens is 518 g/mol. The van der Waals surface area contributed by atoms with E-state index in [2.05, 4.69) is 21.2 Å². The number of halogens is 1. The molecule has 1 aliphatic carbocycles. The SMILES string of the molecule is C[C@@H](C(=O)NC1CCCCC1)N(Cc1cccc(Br)c1)C(=O)CN(c1ccccc1)S(C)(=O)=O. The van der Waals surface area contributed by atoms with Gasteiger partial charge in [-0.1, -0.05) is 65.5 Å². The molecule has 34 heavy (non-hydrogen) atoms. The topological polar surface area (TPSA) is 86.8 Å². The van der Waals surface area contributed by atoms with Gasteiger partial charge >= 0.3 is 0 Å². The van der Waals surface area contributed by atoms with E-state index in [-0.39, 0.29) is 18.5 Å². The molecule has 0 spiro atoms. The van der Waals surface area contributed by atoms with Crippen molar-refractivity contribution >= 4 is 43.5 Å². The molecule has 0 aromatic heterocycles. The van der Waals surface area contributed by atoms with Gasteiger partial charge in [-0.25, -0.2) is 8.42 Å². The number of benzene rings is 2. The van der Waals surface area contributed by atoms with Crippen molar-refractivity contribution < 1.29 is 18.0 Å². The molecule has 0 aliphatic heterocycles. The summed E-state index contributed by atoms with van der Waals surface area (Å²) >= 11 is 3.45. The number of amides is 2. The van der Waals surface area contributed by atoms with Crippen molar-refractivity contribution in [3.8, 4) is 0 Å². The van der Waals surface area contributed by atoms with Gasteiger partial charge in [0.15, 0.2) is 0 Å². The van der Waals surface area contributed by atoms with Gasteiger partial charge in [0.2, 0.25) is 21.8 Å². The minimum atomic E-state index is -3.72. The summed E-state index contributed by atoms with van der Waals surface area (Å²) in [6.07, 6.45) is 6.30. The maximum Gasteiger partial charge on any atom is 0.244 e. The van der Waals surface area contributed by atoms with Crippen molar-refractivity contribution in [2.24, 2.45) is 0 Å². The highest BCUT2D eigenvalue weighted by Gasteiger charge is 2.31. The third-order valence-electron chi connectivity index (χ3n) is 6.08. The van der Waals surface area contributed by atoms with Gasteiger partial charge in [0.25, 0.3) is 0 Å². The lowest BCUT2D eigenvalue weighted by atomic mass is 9.95. The average Bonchev–Trinajstić information content (AvgIpc) is 2.81. The van der Waals surface area contributed by atoms with E-state index in [1.807, 2.05) is 24.3 Å². The summed E-state index contributed by atoms with van der Waals surface area (Å²) < 4.78 is 27.0. The Morgan fingerprint density at radius 2 is 1.74 bits per heavy atom. The molecule has 1 N–H and O–H groups in total. The molecule has 0 bridgehead atoms. The Balaban J connectivity index is 1.85. The van der Waals surface area contributed by atoms with Gasteiger partial charge in [0, 0.05) is 17.1 Å². The number of anilines is 1. The van der Waals surface area contributed by atoms with Crippen molar-refractivity contribution in [3.63, 3.8) is 0 Å². The number of hydrogen-bond donors (Lipinski definition) is 1. The van der Waals surface area contributed by atoms with Gasteiger partial charge in [0.05, 0.1) is 11.9 Å². The lowest BCUT2D eigenvalue weighted by Crippen LogP contribution is -2.52. The largest absolute Gasteiger partial charge is 0.352 e. The first kappa shape index (κ1) is 26.2. The second kappa shape index (κ2) is 11.8. The average molecular weight is 551 g/mol. The van der Waals surface area contributed by atoms with Crippen molar-refractivity contribution in [1.82, 2.24) is 10.2 Å². The quantitative estimate of drug-likeness (QED) is 0.510. The van der Waals surface area contributed by atoms with Gasteiger partial charge in [-0.3, -0.25) is 13.9 Å². The first-order valence-corrected chi connectivity index (χ1v) is 14.2. The number of para-hydroxylation sites is 1. The molecule has 7 nitrogen and oxygen atoms in total. The van der Waals surface area contributed by atoms with Crippen LogP contribution in [0.4, 0.5) is 5.69 Å². The van der Waals surface area contributed by atoms with E-state index in [1.54, 1.807) is 37.3 Å². The number of hydrogen-bond acceptors (Lipinski definition) is 4. The molecule has 1 aliphatic rings. The van der Waals surface area contributed by atoms with Gasteiger partial charge in [-0.15, -0.1) is 0 Å². The van der Waals surface area contributed by atoms with E-state index in [9.17, 15) is 18.0 Å². The monoisotopic (exact) mass is 549 g/mol.